The second kappa shape index (κ2) is 8.85. The van der Waals surface area contributed by atoms with E-state index in [4.69, 9.17) is 4.74 Å². The van der Waals surface area contributed by atoms with E-state index < -0.39 is 11.8 Å². The number of amides is 3. The molecule has 1 unspecified atom stereocenters. The lowest BCUT2D eigenvalue weighted by atomic mass is 9.90. The van der Waals surface area contributed by atoms with Crippen molar-refractivity contribution >= 4 is 17.7 Å². The zero-order valence-corrected chi connectivity index (χ0v) is 19.5. The van der Waals surface area contributed by atoms with Gasteiger partial charge in [0.2, 0.25) is 11.8 Å². The number of likely N-dealkylation sites (tertiary alicyclic amines) is 2. The fraction of sp³-hybridized carbons (Fsp3) is 0.640. The summed E-state index contributed by atoms with van der Waals surface area (Å²) in [6.45, 7) is 8.93. The monoisotopic (exact) mass is 441 g/mol. The average Bonchev–Trinajstić information content (AvgIpc) is 3.42. The van der Waals surface area contributed by atoms with Crippen molar-refractivity contribution in [1.82, 2.24) is 14.7 Å². The number of rotatable bonds is 3. The van der Waals surface area contributed by atoms with Gasteiger partial charge in [-0.05, 0) is 30.4 Å². The molecule has 3 aliphatic rings. The van der Waals surface area contributed by atoms with Gasteiger partial charge in [0.05, 0.1) is 6.61 Å². The Balaban J connectivity index is 1.56. The summed E-state index contributed by atoms with van der Waals surface area (Å²) in [6.07, 6.45) is 3.53. The van der Waals surface area contributed by atoms with Crippen LogP contribution in [0.25, 0.3) is 0 Å². The zero-order chi connectivity index (χ0) is 22.9. The van der Waals surface area contributed by atoms with Crippen LogP contribution in [0.2, 0.25) is 0 Å². The van der Waals surface area contributed by atoms with E-state index in [0.29, 0.717) is 37.9 Å². The molecule has 3 heterocycles. The Hall–Kier alpha value is -2.41. The Morgan fingerprint density at radius 3 is 2.19 bits per heavy atom. The molecule has 7 nitrogen and oxygen atoms in total. The molecule has 3 amide bonds. The molecule has 3 aliphatic heterocycles. The van der Waals surface area contributed by atoms with Crippen LogP contribution >= 0.6 is 0 Å². The van der Waals surface area contributed by atoms with Crippen LogP contribution in [0.15, 0.2) is 30.3 Å². The van der Waals surface area contributed by atoms with Crippen LogP contribution in [0.3, 0.4) is 0 Å². The van der Waals surface area contributed by atoms with E-state index in [1.807, 2.05) is 28.0 Å². The molecule has 32 heavy (non-hydrogen) atoms. The molecule has 1 atom stereocenters. The van der Waals surface area contributed by atoms with Gasteiger partial charge in [-0.25, -0.2) is 0 Å². The van der Waals surface area contributed by atoms with Gasteiger partial charge >= 0.3 is 0 Å². The van der Waals surface area contributed by atoms with E-state index in [1.165, 1.54) is 0 Å². The summed E-state index contributed by atoms with van der Waals surface area (Å²) in [4.78, 5) is 45.2. The molecule has 0 N–H and O–H groups in total. The first-order valence-electron chi connectivity index (χ1n) is 11.8. The zero-order valence-electron chi connectivity index (χ0n) is 19.5. The van der Waals surface area contributed by atoms with Gasteiger partial charge in [0.1, 0.15) is 11.8 Å². The van der Waals surface area contributed by atoms with Crippen LogP contribution in [0, 0.1) is 5.41 Å². The van der Waals surface area contributed by atoms with Crippen molar-refractivity contribution in [3.8, 4) is 0 Å². The topological polar surface area (TPSA) is 70.2 Å². The minimum atomic E-state index is -0.842. The predicted octanol–water partition coefficient (Wildman–Crippen LogP) is 2.90. The number of hydrogen-bond donors (Lipinski definition) is 0. The van der Waals surface area contributed by atoms with Gasteiger partial charge in [-0.3, -0.25) is 19.3 Å². The summed E-state index contributed by atoms with van der Waals surface area (Å²) in [5, 5.41) is 0. The summed E-state index contributed by atoms with van der Waals surface area (Å²) in [5.41, 5.74) is -0.354. The summed E-state index contributed by atoms with van der Waals surface area (Å²) in [7, 11) is 0. The number of nitrogens with zero attached hydrogens (tertiary/aromatic N) is 3. The van der Waals surface area contributed by atoms with E-state index in [0.717, 1.165) is 25.9 Å². The molecule has 0 bridgehead atoms. The van der Waals surface area contributed by atoms with E-state index in [1.54, 1.807) is 17.0 Å². The minimum absolute atomic E-state index is 0.0186. The van der Waals surface area contributed by atoms with Gasteiger partial charge in [0.15, 0.2) is 0 Å². The Morgan fingerprint density at radius 2 is 1.59 bits per heavy atom. The molecule has 0 radical (unpaired) electrons. The van der Waals surface area contributed by atoms with Crippen LogP contribution in [-0.2, 0) is 14.3 Å². The maximum atomic E-state index is 13.6. The fourth-order valence-corrected chi connectivity index (χ4v) is 5.09. The molecular weight excluding hydrogens is 406 g/mol. The van der Waals surface area contributed by atoms with E-state index in [2.05, 4.69) is 20.8 Å². The second-order valence-corrected chi connectivity index (χ2v) is 10.5. The first-order valence-corrected chi connectivity index (χ1v) is 11.8. The number of carbonyl (C=O) groups excluding carboxylic acids is 3. The molecule has 3 saturated heterocycles. The minimum Gasteiger partial charge on any atom is -0.353 e. The summed E-state index contributed by atoms with van der Waals surface area (Å²) >= 11 is 0. The van der Waals surface area contributed by atoms with Gasteiger partial charge in [-0.2, -0.15) is 0 Å². The molecule has 3 fully saturated rings. The average molecular weight is 442 g/mol. The number of hydrogen-bond acceptors (Lipinski definition) is 4. The first kappa shape index (κ1) is 22.8. The molecule has 1 aromatic rings. The summed E-state index contributed by atoms with van der Waals surface area (Å²) in [5.74, 6) is -0.0546. The Morgan fingerprint density at radius 1 is 0.969 bits per heavy atom. The van der Waals surface area contributed by atoms with Crippen molar-refractivity contribution < 1.29 is 19.1 Å². The third-order valence-corrected chi connectivity index (χ3v) is 6.78. The van der Waals surface area contributed by atoms with Gasteiger partial charge < -0.3 is 14.5 Å². The lowest BCUT2D eigenvalue weighted by Gasteiger charge is -2.45. The normalized spacial score (nSPS) is 23.1. The molecule has 1 aromatic carbocycles. The van der Waals surface area contributed by atoms with Crippen molar-refractivity contribution in [2.75, 3.05) is 32.8 Å². The van der Waals surface area contributed by atoms with Gasteiger partial charge in [0, 0.05) is 51.0 Å². The number of benzene rings is 1. The molecule has 7 heteroatoms. The summed E-state index contributed by atoms with van der Waals surface area (Å²) in [6, 6.07) is 8.50. The largest absolute Gasteiger partial charge is 0.353 e. The first-order chi connectivity index (χ1) is 15.2. The molecule has 174 valence electrons. The number of ether oxygens (including phenoxy) is 1. The number of piperidine rings is 1. The fourth-order valence-electron chi connectivity index (χ4n) is 5.09. The highest BCUT2D eigenvalue weighted by atomic mass is 16.5. The Labute approximate surface area is 190 Å². The summed E-state index contributed by atoms with van der Waals surface area (Å²) < 4.78 is 6.28. The maximum Gasteiger partial charge on any atom is 0.256 e. The van der Waals surface area contributed by atoms with E-state index in [9.17, 15) is 14.4 Å². The van der Waals surface area contributed by atoms with Gasteiger partial charge in [-0.1, -0.05) is 39.0 Å². The highest BCUT2D eigenvalue weighted by Crippen LogP contribution is 2.39. The van der Waals surface area contributed by atoms with Crippen LogP contribution < -0.4 is 0 Å². The molecule has 0 aliphatic carbocycles. The lowest BCUT2D eigenvalue weighted by molar-refractivity contribution is -0.146. The van der Waals surface area contributed by atoms with Crippen molar-refractivity contribution in [3.63, 3.8) is 0 Å². The Bertz CT molecular complexity index is 850. The van der Waals surface area contributed by atoms with Gasteiger partial charge in [-0.15, -0.1) is 0 Å². The quantitative estimate of drug-likeness (QED) is 0.723. The molecule has 0 aromatic heterocycles. The van der Waals surface area contributed by atoms with E-state index in [-0.39, 0.29) is 29.7 Å². The highest BCUT2D eigenvalue weighted by molar-refractivity contribution is 5.98. The highest BCUT2D eigenvalue weighted by Gasteiger charge is 2.55. The van der Waals surface area contributed by atoms with Crippen molar-refractivity contribution in [2.45, 2.75) is 64.6 Å². The SMILES string of the molecule is CC(C)(C)CC(=O)N1CCC2(CC1)OCC(C(=O)N1CCCC1)N2C(=O)c1ccccc1. The second-order valence-electron chi connectivity index (χ2n) is 10.5. The molecule has 1 spiro atoms. The van der Waals surface area contributed by atoms with Crippen LogP contribution in [0.4, 0.5) is 0 Å². The standard InChI is InChI=1S/C25H35N3O4/c1-24(2,3)17-21(29)26-15-11-25(12-16-26)28(22(30)19-9-5-4-6-10-19)20(18-32-25)23(31)27-13-7-8-14-27/h4-6,9-10,20H,7-8,11-18H2,1-3H3. The third-order valence-electron chi connectivity index (χ3n) is 6.78. The van der Waals surface area contributed by atoms with Crippen LogP contribution in [0.1, 0.15) is 63.2 Å². The third kappa shape index (κ3) is 4.53. The van der Waals surface area contributed by atoms with Crippen LogP contribution in [-0.4, -0.2) is 77.0 Å². The van der Waals surface area contributed by atoms with E-state index >= 15 is 0 Å². The lowest BCUT2D eigenvalue weighted by Crippen LogP contribution is -2.60. The van der Waals surface area contributed by atoms with Crippen molar-refractivity contribution in [2.24, 2.45) is 5.41 Å². The molecular formula is C25H35N3O4. The van der Waals surface area contributed by atoms with Crippen molar-refractivity contribution in [1.29, 1.82) is 0 Å². The Kier molecular flexibility index (Phi) is 6.30. The predicted molar refractivity (Wildman–Crippen MR) is 121 cm³/mol. The molecule has 4 rings (SSSR count). The smallest absolute Gasteiger partial charge is 0.256 e. The molecule has 0 saturated carbocycles. The number of carbonyl (C=O) groups is 3. The van der Waals surface area contributed by atoms with Crippen molar-refractivity contribution in [3.05, 3.63) is 35.9 Å². The van der Waals surface area contributed by atoms with Crippen LogP contribution in [0.5, 0.6) is 0 Å². The maximum absolute atomic E-state index is 13.6. The van der Waals surface area contributed by atoms with Gasteiger partial charge in [0.25, 0.3) is 5.91 Å².